The summed E-state index contributed by atoms with van der Waals surface area (Å²) in [7, 11) is -3.81. The molecule has 0 fully saturated rings. The molecule has 0 aliphatic rings. The van der Waals surface area contributed by atoms with Crippen LogP contribution < -0.4 is 10.3 Å². The van der Waals surface area contributed by atoms with E-state index in [1.54, 1.807) is 13.8 Å². The summed E-state index contributed by atoms with van der Waals surface area (Å²) in [6, 6.07) is 21.1. The molecule has 0 saturated carbocycles. The number of sulfonamides is 1. The highest BCUT2D eigenvalue weighted by atomic mass is 32.2. The number of rotatable bonds is 6. The van der Waals surface area contributed by atoms with E-state index in [9.17, 15) is 8.42 Å². The number of para-hydroxylation sites is 2. The van der Waals surface area contributed by atoms with E-state index in [4.69, 9.17) is 4.98 Å². The Morgan fingerprint density at radius 1 is 0.806 bits per heavy atom. The van der Waals surface area contributed by atoms with E-state index in [2.05, 4.69) is 15.2 Å². The van der Waals surface area contributed by atoms with Gasteiger partial charge in [-0.1, -0.05) is 60.2 Å². The Morgan fingerprint density at radius 3 is 2.03 bits per heavy atom. The SMILES string of the molecule is Cc1cc(C)c(S(=O)(=O)NNc2nc3ccccc3nc2Cc2ccccc2)c(C)c1. The second-order valence-corrected chi connectivity index (χ2v) is 9.25. The van der Waals surface area contributed by atoms with E-state index in [1.807, 2.05) is 73.7 Å². The summed E-state index contributed by atoms with van der Waals surface area (Å²) in [6.07, 6.45) is 0.519. The Kier molecular flexibility index (Phi) is 5.71. The fourth-order valence-electron chi connectivity index (χ4n) is 3.81. The Morgan fingerprint density at radius 2 is 1.39 bits per heavy atom. The molecule has 0 saturated heterocycles. The van der Waals surface area contributed by atoms with Gasteiger partial charge in [0.05, 0.1) is 21.6 Å². The number of fused-ring (bicyclic) bond motifs is 1. The predicted molar refractivity (Wildman–Crippen MR) is 123 cm³/mol. The van der Waals surface area contributed by atoms with E-state index < -0.39 is 10.0 Å². The van der Waals surface area contributed by atoms with Gasteiger partial charge in [0.1, 0.15) is 0 Å². The number of aromatic nitrogens is 2. The monoisotopic (exact) mass is 432 g/mol. The van der Waals surface area contributed by atoms with Crippen molar-refractivity contribution in [2.75, 3.05) is 5.43 Å². The Balaban J connectivity index is 1.69. The van der Waals surface area contributed by atoms with Crippen molar-refractivity contribution in [1.29, 1.82) is 0 Å². The molecule has 2 N–H and O–H groups in total. The third kappa shape index (κ3) is 4.57. The lowest BCUT2D eigenvalue weighted by Gasteiger charge is -2.16. The number of hydrazine groups is 1. The van der Waals surface area contributed by atoms with Crippen LogP contribution in [0, 0.1) is 20.8 Å². The van der Waals surface area contributed by atoms with Gasteiger partial charge in [0, 0.05) is 6.42 Å². The number of hydrogen-bond donors (Lipinski definition) is 2. The van der Waals surface area contributed by atoms with Crippen molar-refractivity contribution >= 4 is 26.9 Å². The van der Waals surface area contributed by atoms with Crippen LogP contribution >= 0.6 is 0 Å². The van der Waals surface area contributed by atoms with Crippen LogP contribution in [0.4, 0.5) is 5.82 Å². The molecule has 0 amide bonds. The number of hydrogen-bond acceptors (Lipinski definition) is 5. The largest absolute Gasteiger partial charge is 0.290 e. The zero-order valence-electron chi connectivity index (χ0n) is 17.7. The number of anilines is 1. The average Bonchev–Trinajstić information content (AvgIpc) is 2.72. The predicted octanol–water partition coefficient (Wildman–Crippen LogP) is 4.45. The zero-order valence-corrected chi connectivity index (χ0v) is 18.5. The topological polar surface area (TPSA) is 84.0 Å². The summed E-state index contributed by atoms with van der Waals surface area (Å²) in [5, 5.41) is 0. The van der Waals surface area contributed by atoms with Gasteiger partial charge in [-0.15, -0.1) is 4.83 Å². The summed E-state index contributed by atoms with van der Waals surface area (Å²) < 4.78 is 26.1. The summed E-state index contributed by atoms with van der Waals surface area (Å²) >= 11 is 0. The van der Waals surface area contributed by atoms with E-state index >= 15 is 0 Å². The molecule has 6 nitrogen and oxygen atoms in total. The van der Waals surface area contributed by atoms with Crippen LogP contribution in [0.1, 0.15) is 27.9 Å². The fourth-order valence-corrected chi connectivity index (χ4v) is 5.11. The molecule has 1 aromatic heterocycles. The first kappa shape index (κ1) is 21.0. The standard InChI is InChI=1S/C24H24N4O2S/c1-16-13-17(2)23(18(3)14-16)31(29,30)28-27-24-22(15-19-9-5-4-6-10-19)25-20-11-7-8-12-21(20)26-24/h4-14,28H,15H2,1-3H3,(H,26,27). The third-order valence-corrected chi connectivity index (χ3v) is 6.59. The van der Waals surface area contributed by atoms with Crippen LogP contribution in [0.25, 0.3) is 11.0 Å². The molecule has 4 aromatic rings. The second kappa shape index (κ2) is 8.45. The first-order valence-electron chi connectivity index (χ1n) is 9.99. The van der Waals surface area contributed by atoms with Gasteiger partial charge in [0.15, 0.2) is 5.82 Å². The molecule has 0 aliphatic heterocycles. The first-order valence-corrected chi connectivity index (χ1v) is 11.5. The summed E-state index contributed by atoms with van der Waals surface area (Å²) in [6.45, 7) is 5.54. The van der Waals surface area contributed by atoms with Crippen molar-refractivity contribution < 1.29 is 8.42 Å². The summed E-state index contributed by atoms with van der Waals surface area (Å²) in [5.41, 5.74) is 8.39. The first-order chi connectivity index (χ1) is 14.8. The smallest absolute Gasteiger partial charge is 0.257 e. The Bertz CT molecular complexity index is 1330. The normalized spacial score (nSPS) is 11.6. The van der Waals surface area contributed by atoms with Crippen LogP contribution in [-0.2, 0) is 16.4 Å². The van der Waals surface area contributed by atoms with Crippen molar-refractivity contribution in [3.05, 3.63) is 94.7 Å². The molecule has 4 rings (SSSR count). The lowest BCUT2D eigenvalue weighted by molar-refractivity contribution is 0.586. The van der Waals surface area contributed by atoms with Crippen molar-refractivity contribution in [3.8, 4) is 0 Å². The molecule has 0 spiro atoms. The van der Waals surface area contributed by atoms with Crippen LogP contribution in [0.2, 0.25) is 0 Å². The minimum absolute atomic E-state index is 0.268. The molecule has 0 atom stereocenters. The van der Waals surface area contributed by atoms with Gasteiger partial charge in [-0.2, -0.15) is 0 Å². The number of nitrogens with zero attached hydrogens (tertiary/aromatic N) is 2. The van der Waals surface area contributed by atoms with E-state index in [1.165, 1.54) is 0 Å². The van der Waals surface area contributed by atoms with Gasteiger partial charge in [0.25, 0.3) is 10.0 Å². The maximum absolute atomic E-state index is 13.1. The minimum Gasteiger partial charge on any atom is -0.290 e. The highest BCUT2D eigenvalue weighted by molar-refractivity contribution is 7.89. The molecule has 158 valence electrons. The van der Waals surface area contributed by atoms with Gasteiger partial charge >= 0.3 is 0 Å². The van der Waals surface area contributed by atoms with E-state index in [0.717, 1.165) is 16.6 Å². The highest BCUT2D eigenvalue weighted by Crippen LogP contribution is 2.23. The van der Waals surface area contributed by atoms with Gasteiger partial charge in [0.2, 0.25) is 0 Å². The molecule has 31 heavy (non-hydrogen) atoms. The van der Waals surface area contributed by atoms with Crippen molar-refractivity contribution in [3.63, 3.8) is 0 Å². The van der Waals surface area contributed by atoms with E-state index in [0.29, 0.717) is 34.6 Å². The maximum atomic E-state index is 13.1. The highest BCUT2D eigenvalue weighted by Gasteiger charge is 2.21. The van der Waals surface area contributed by atoms with Gasteiger partial charge in [-0.25, -0.2) is 18.4 Å². The lowest BCUT2D eigenvalue weighted by atomic mass is 10.1. The molecule has 0 bridgehead atoms. The van der Waals surface area contributed by atoms with Crippen LogP contribution in [0.3, 0.4) is 0 Å². The van der Waals surface area contributed by atoms with Crippen molar-refractivity contribution in [1.82, 2.24) is 14.8 Å². The van der Waals surface area contributed by atoms with Crippen LogP contribution in [0.5, 0.6) is 0 Å². The molecular formula is C24H24N4O2S. The quantitative estimate of drug-likeness (QED) is 0.440. The molecular weight excluding hydrogens is 408 g/mol. The average molecular weight is 433 g/mol. The lowest BCUT2D eigenvalue weighted by Crippen LogP contribution is -2.31. The number of nitrogens with one attached hydrogen (secondary N) is 2. The summed E-state index contributed by atoms with van der Waals surface area (Å²) in [4.78, 5) is 12.1. The Hall–Kier alpha value is -3.29. The maximum Gasteiger partial charge on any atom is 0.257 e. The molecule has 3 aromatic carbocycles. The Labute approximate surface area is 182 Å². The molecule has 0 unspecified atom stereocenters. The second-order valence-electron chi connectivity index (χ2n) is 7.63. The third-order valence-electron chi connectivity index (χ3n) is 5.03. The van der Waals surface area contributed by atoms with Gasteiger partial charge < -0.3 is 0 Å². The van der Waals surface area contributed by atoms with Gasteiger partial charge in [-0.05, 0) is 49.6 Å². The molecule has 1 heterocycles. The zero-order chi connectivity index (χ0) is 22.0. The van der Waals surface area contributed by atoms with Crippen molar-refractivity contribution in [2.24, 2.45) is 0 Å². The van der Waals surface area contributed by atoms with Crippen LogP contribution in [0.15, 0.2) is 71.6 Å². The number of aryl methyl sites for hydroxylation is 3. The van der Waals surface area contributed by atoms with E-state index in [-0.39, 0.29) is 4.90 Å². The number of benzene rings is 3. The molecule has 0 radical (unpaired) electrons. The fraction of sp³-hybridized carbons (Fsp3) is 0.167. The van der Waals surface area contributed by atoms with Crippen LogP contribution in [-0.4, -0.2) is 18.4 Å². The minimum atomic E-state index is -3.81. The summed E-state index contributed by atoms with van der Waals surface area (Å²) in [5.74, 6) is 0.383. The van der Waals surface area contributed by atoms with Gasteiger partial charge in [-0.3, -0.25) is 5.43 Å². The van der Waals surface area contributed by atoms with Crippen molar-refractivity contribution in [2.45, 2.75) is 32.1 Å². The molecule has 0 aliphatic carbocycles. The molecule has 7 heteroatoms.